The fourth-order valence-electron chi connectivity index (χ4n) is 1.32. The van der Waals surface area contributed by atoms with Gasteiger partial charge in [-0.05, 0) is 19.3 Å². The molecular formula is C8H14O2. The van der Waals surface area contributed by atoms with E-state index in [1.165, 1.54) is 0 Å². The summed E-state index contributed by atoms with van der Waals surface area (Å²) in [6, 6.07) is 0. The van der Waals surface area contributed by atoms with Gasteiger partial charge >= 0.3 is 0 Å². The van der Waals surface area contributed by atoms with Crippen LogP contribution in [0.15, 0.2) is 12.2 Å². The van der Waals surface area contributed by atoms with Crippen molar-refractivity contribution in [1.82, 2.24) is 0 Å². The van der Waals surface area contributed by atoms with Crippen LogP contribution >= 0.6 is 0 Å². The molecule has 0 saturated heterocycles. The van der Waals surface area contributed by atoms with Gasteiger partial charge in [0.05, 0.1) is 6.10 Å². The van der Waals surface area contributed by atoms with Crippen molar-refractivity contribution >= 4 is 0 Å². The maximum atomic E-state index is 9.34. The molecule has 0 aromatic heterocycles. The van der Waals surface area contributed by atoms with Crippen LogP contribution in [0.2, 0.25) is 0 Å². The van der Waals surface area contributed by atoms with Crippen molar-refractivity contribution in [2.75, 3.05) is 6.61 Å². The van der Waals surface area contributed by atoms with Crippen molar-refractivity contribution in [3.63, 3.8) is 0 Å². The monoisotopic (exact) mass is 142 g/mol. The first kappa shape index (κ1) is 7.76. The largest absolute Gasteiger partial charge is 0.396 e. The third-order valence-corrected chi connectivity index (χ3v) is 1.97. The molecule has 2 heteroatoms. The molecule has 0 bridgehead atoms. The van der Waals surface area contributed by atoms with Gasteiger partial charge in [-0.2, -0.15) is 0 Å². The van der Waals surface area contributed by atoms with Crippen molar-refractivity contribution in [2.24, 2.45) is 5.92 Å². The third kappa shape index (κ3) is 1.82. The molecule has 0 unspecified atom stereocenters. The van der Waals surface area contributed by atoms with Crippen molar-refractivity contribution in [2.45, 2.75) is 25.4 Å². The summed E-state index contributed by atoms with van der Waals surface area (Å²) in [5.41, 5.74) is 0. The molecule has 58 valence electrons. The number of aliphatic hydroxyl groups is 2. The lowest BCUT2D eigenvalue weighted by molar-refractivity contribution is 0.0999. The van der Waals surface area contributed by atoms with Crippen molar-refractivity contribution in [3.05, 3.63) is 12.2 Å². The zero-order chi connectivity index (χ0) is 7.40. The van der Waals surface area contributed by atoms with E-state index in [1.807, 2.05) is 6.08 Å². The van der Waals surface area contributed by atoms with Crippen molar-refractivity contribution in [3.8, 4) is 0 Å². The van der Waals surface area contributed by atoms with Crippen molar-refractivity contribution < 1.29 is 10.2 Å². The Bertz CT molecular complexity index is 120. The highest BCUT2D eigenvalue weighted by molar-refractivity contribution is 4.96. The smallest absolute Gasteiger partial charge is 0.0606 e. The van der Waals surface area contributed by atoms with E-state index in [-0.39, 0.29) is 18.6 Å². The van der Waals surface area contributed by atoms with Gasteiger partial charge < -0.3 is 10.2 Å². The van der Waals surface area contributed by atoms with Crippen LogP contribution in [0.25, 0.3) is 0 Å². The first-order valence-electron chi connectivity index (χ1n) is 3.80. The summed E-state index contributed by atoms with van der Waals surface area (Å²) in [5.74, 6) is 0.193. The van der Waals surface area contributed by atoms with Crippen LogP contribution in [-0.2, 0) is 0 Å². The highest BCUT2D eigenvalue weighted by Crippen LogP contribution is 2.20. The summed E-state index contributed by atoms with van der Waals surface area (Å²) >= 11 is 0. The lowest BCUT2D eigenvalue weighted by Crippen LogP contribution is -2.21. The lowest BCUT2D eigenvalue weighted by atomic mass is 9.90. The quantitative estimate of drug-likeness (QED) is 0.557. The molecule has 0 saturated carbocycles. The van der Waals surface area contributed by atoms with Gasteiger partial charge in [-0.1, -0.05) is 12.2 Å². The molecule has 2 N–H and O–H groups in total. The molecule has 1 rings (SSSR count). The van der Waals surface area contributed by atoms with E-state index in [4.69, 9.17) is 5.11 Å². The second-order valence-electron chi connectivity index (χ2n) is 2.75. The predicted octanol–water partition coefficient (Wildman–Crippen LogP) is 0.696. The Hall–Kier alpha value is -0.340. The molecule has 0 aromatic rings. The Labute approximate surface area is 61.2 Å². The molecule has 1 aliphatic carbocycles. The maximum Gasteiger partial charge on any atom is 0.0606 e. The molecule has 0 spiro atoms. The predicted molar refractivity (Wildman–Crippen MR) is 39.6 cm³/mol. The summed E-state index contributed by atoms with van der Waals surface area (Å²) in [6.45, 7) is 0.173. The van der Waals surface area contributed by atoms with Gasteiger partial charge in [0.15, 0.2) is 0 Å². The SMILES string of the molecule is OCC[C@@H]1C=CCC[C@H]1O. The Morgan fingerprint density at radius 2 is 2.30 bits per heavy atom. The second kappa shape index (κ2) is 3.74. The fraction of sp³-hybridized carbons (Fsp3) is 0.750. The standard InChI is InChI=1S/C8H14O2/c9-6-5-7-3-1-2-4-8(7)10/h1,3,7-10H,2,4-6H2/t7-,8+/m0/s1. The molecule has 2 nitrogen and oxygen atoms in total. The molecule has 0 aromatic carbocycles. The second-order valence-corrected chi connectivity index (χ2v) is 2.75. The Balaban J connectivity index is 2.39. The Morgan fingerprint density at radius 1 is 1.50 bits per heavy atom. The third-order valence-electron chi connectivity index (χ3n) is 1.97. The summed E-state index contributed by atoms with van der Waals surface area (Å²) in [6.07, 6.45) is 6.37. The van der Waals surface area contributed by atoms with Crippen LogP contribution < -0.4 is 0 Å². The molecule has 1 aliphatic rings. The van der Waals surface area contributed by atoms with E-state index in [2.05, 4.69) is 6.08 Å². The molecular weight excluding hydrogens is 128 g/mol. The van der Waals surface area contributed by atoms with Gasteiger partial charge in [-0.3, -0.25) is 0 Å². The van der Waals surface area contributed by atoms with Gasteiger partial charge in [-0.25, -0.2) is 0 Å². The Kier molecular flexibility index (Phi) is 2.90. The zero-order valence-corrected chi connectivity index (χ0v) is 6.03. The van der Waals surface area contributed by atoms with Gasteiger partial charge in [-0.15, -0.1) is 0 Å². The van der Waals surface area contributed by atoms with E-state index in [9.17, 15) is 5.11 Å². The van der Waals surface area contributed by atoms with Crippen LogP contribution in [0.1, 0.15) is 19.3 Å². The molecule has 0 radical (unpaired) electrons. The van der Waals surface area contributed by atoms with Gasteiger partial charge in [0.2, 0.25) is 0 Å². The number of hydrogen-bond acceptors (Lipinski definition) is 2. The van der Waals surface area contributed by atoms with E-state index in [1.54, 1.807) is 0 Å². The van der Waals surface area contributed by atoms with Gasteiger partial charge in [0, 0.05) is 12.5 Å². The van der Waals surface area contributed by atoms with E-state index in [0.29, 0.717) is 6.42 Å². The number of allylic oxidation sites excluding steroid dienone is 1. The van der Waals surface area contributed by atoms with E-state index < -0.39 is 0 Å². The molecule has 0 aliphatic heterocycles. The highest BCUT2D eigenvalue weighted by Gasteiger charge is 2.17. The van der Waals surface area contributed by atoms with Crippen LogP contribution in [0.3, 0.4) is 0 Å². The number of aliphatic hydroxyl groups excluding tert-OH is 2. The topological polar surface area (TPSA) is 40.5 Å². The summed E-state index contributed by atoms with van der Waals surface area (Å²) in [7, 11) is 0. The first-order valence-corrected chi connectivity index (χ1v) is 3.80. The summed E-state index contributed by atoms with van der Waals surface area (Å²) in [4.78, 5) is 0. The van der Waals surface area contributed by atoms with Crippen LogP contribution in [-0.4, -0.2) is 22.9 Å². The van der Waals surface area contributed by atoms with E-state index in [0.717, 1.165) is 12.8 Å². The summed E-state index contributed by atoms with van der Waals surface area (Å²) in [5, 5.41) is 17.9. The first-order chi connectivity index (χ1) is 4.84. The number of hydrogen-bond donors (Lipinski definition) is 2. The molecule has 10 heavy (non-hydrogen) atoms. The van der Waals surface area contributed by atoms with Crippen LogP contribution in [0.4, 0.5) is 0 Å². The molecule has 2 atom stereocenters. The van der Waals surface area contributed by atoms with Crippen LogP contribution in [0, 0.1) is 5.92 Å². The minimum Gasteiger partial charge on any atom is -0.396 e. The highest BCUT2D eigenvalue weighted by atomic mass is 16.3. The average molecular weight is 142 g/mol. The zero-order valence-electron chi connectivity index (χ0n) is 6.03. The molecule has 0 fully saturated rings. The Morgan fingerprint density at radius 3 is 2.90 bits per heavy atom. The minimum absolute atomic E-state index is 0.173. The minimum atomic E-state index is -0.225. The lowest BCUT2D eigenvalue weighted by Gasteiger charge is -2.21. The normalized spacial score (nSPS) is 32.6. The van der Waals surface area contributed by atoms with Crippen molar-refractivity contribution in [1.29, 1.82) is 0 Å². The average Bonchev–Trinajstić information content (AvgIpc) is 1.94. The van der Waals surface area contributed by atoms with Gasteiger partial charge in [0.1, 0.15) is 0 Å². The fourth-order valence-corrected chi connectivity index (χ4v) is 1.32. The summed E-state index contributed by atoms with van der Waals surface area (Å²) < 4.78 is 0. The number of rotatable bonds is 2. The van der Waals surface area contributed by atoms with Gasteiger partial charge in [0.25, 0.3) is 0 Å². The molecule has 0 heterocycles. The maximum absolute atomic E-state index is 9.34. The molecule has 0 amide bonds. The van der Waals surface area contributed by atoms with E-state index >= 15 is 0 Å². The van der Waals surface area contributed by atoms with Crippen LogP contribution in [0.5, 0.6) is 0 Å².